The van der Waals surface area contributed by atoms with Gasteiger partial charge in [-0.05, 0) is 18.8 Å². The molecule has 3 heteroatoms. The topological polar surface area (TPSA) is 55.1 Å². The normalized spacial score (nSPS) is 13.6. The zero-order valence-corrected chi connectivity index (χ0v) is 11.3. The summed E-state index contributed by atoms with van der Waals surface area (Å²) >= 11 is 0. The lowest BCUT2D eigenvalue weighted by Crippen LogP contribution is -2.49. The summed E-state index contributed by atoms with van der Waals surface area (Å²) in [6.45, 7) is 8.99. The molecule has 1 atom stereocenters. The van der Waals surface area contributed by atoms with Crippen LogP contribution in [0.2, 0.25) is 0 Å². The quantitative estimate of drug-likeness (QED) is 0.670. The number of amides is 1. The minimum atomic E-state index is -0.232. The van der Waals surface area contributed by atoms with E-state index >= 15 is 0 Å². The van der Waals surface area contributed by atoms with Crippen LogP contribution in [0.5, 0.6) is 0 Å². The molecule has 0 saturated carbocycles. The highest BCUT2D eigenvalue weighted by Gasteiger charge is 2.21. The largest absolute Gasteiger partial charge is 0.354 e. The molecule has 0 aromatic rings. The minimum absolute atomic E-state index is 0.137. The van der Waals surface area contributed by atoms with Crippen LogP contribution in [0.15, 0.2) is 0 Å². The number of nitrogens with two attached hydrogens (primary N) is 1. The number of nitrogens with one attached hydrogen (secondary N) is 1. The van der Waals surface area contributed by atoms with Gasteiger partial charge >= 0.3 is 0 Å². The first-order valence-corrected chi connectivity index (χ1v) is 6.53. The average molecular weight is 228 g/mol. The molecule has 0 rings (SSSR count). The summed E-state index contributed by atoms with van der Waals surface area (Å²) in [5.74, 6) is 0.609. The van der Waals surface area contributed by atoms with Crippen LogP contribution in [0.25, 0.3) is 0 Å². The van der Waals surface area contributed by atoms with Crippen molar-refractivity contribution in [3.05, 3.63) is 0 Å². The molecule has 3 nitrogen and oxygen atoms in total. The van der Waals surface area contributed by atoms with Crippen molar-refractivity contribution in [2.45, 2.75) is 65.3 Å². The molecule has 0 aliphatic carbocycles. The number of hydrogen-bond donors (Lipinski definition) is 2. The molecule has 0 aromatic carbocycles. The van der Waals surface area contributed by atoms with Crippen molar-refractivity contribution in [2.75, 3.05) is 6.54 Å². The molecular weight excluding hydrogens is 200 g/mol. The Hall–Kier alpha value is -0.570. The highest BCUT2D eigenvalue weighted by molar-refractivity contribution is 5.76. The fourth-order valence-corrected chi connectivity index (χ4v) is 1.76. The first kappa shape index (κ1) is 15.4. The SMILES string of the molecule is CCCC(C)CC(=O)NCC(N)(CC)CC. The van der Waals surface area contributed by atoms with E-state index in [9.17, 15) is 4.79 Å². The molecule has 1 amide bonds. The molecule has 0 heterocycles. The van der Waals surface area contributed by atoms with E-state index < -0.39 is 0 Å². The van der Waals surface area contributed by atoms with Gasteiger partial charge in [-0.25, -0.2) is 0 Å². The molecule has 0 aromatic heterocycles. The molecule has 0 aliphatic rings. The maximum Gasteiger partial charge on any atom is 0.220 e. The highest BCUT2D eigenvalue weighted by atomic mass is 16.1. The highest BCUT2D eigenvalue weighted by Crippen LogP contribution is 2.11. The predicted octanol–water partition coefficient (Wildman–Crippen LogP) is 2.45. The van der Waals surface area contributed by atoms with Crippen LogP contribution in [-0.4, -0.2) is 18.0 Å². The standard InChI is InChI=1S/C13H28N2O/c1-5-8-11(4)9-12(16)15-10-13(14,6-2)7-3/h11H,5-10,14H2,1-4H3,(H,15,16). The maximum atomic E-state index is 11.6. The third kappa shape index (κ3) is 6.11. The number of carbonyl (C=O) groups excluding carboxylic acids is 1. The van der Waals surface area contributed by atoms with Crippen molar-refractivity contribution in [1.82, 2.24) is 5.32 Å². The van der Waals surface area contributed by atoms with Gasteiger partial charge in [0.25, 0.3) is 0 Å². The molecular formula is C13H28N2O. The summed E-state index contributed by atoms with van der Waals surface area (Å²) in [4.78, 5) is 11.6. The monoisotopic (exact) mass is 228 g/mol. The molecule has 1 unspecified atom stereocenters. The Balaban J connectivity index is 3.88. The summed E-state index contributed by atoms with van der Waals surface area (Å²) in [6.07, 6.45) is 4.67. The Bertz CT molecular complexity index is 200. The second kappa shape index (κ2) is 7.66. The molecule has 0 fully saturated rings. The molecule has 0 spiro atoms. The van der Waals surface area contributed by atoms with Crippen LogP contribution in [0.1, 0.15) is 59.8 Å². The maximum absolute atomic E-state index is 11.6. The van der Waals surface area contributed by atoms with Crippen LogP contribution >= 0.6 is 0 Å². The summed E-state index contributed by atoms with van der Waals surface area (Å²) in [5.41, 5.74) is 5.89. The van der Waals surface area contributed by atoms with Gasteiger partial charge in [-0.2, -0.15) is 0 Å². The Morgan fingerprint density at radius 1 is 1.31 bits per heavy atom. The van der Waals surface area contributed by atoms with Crippen molar-refractivity contribution < 1.29 is 4.79 Å². The van der Waals surface area contributed by atoms with E-state index in [0.717, 1.165) is 25.7 Å². The first-order valence-electron chi connectivity index (χ1n) is 6.53. The van der Waals surface area contributed by atoms with Gasteiger partial charge in [0.1, 0.15) is 0 Å². The van der Waals surface area contributed by atoms with E-state index in [-0.39, 0.29) is 11.4 Å². The van der Waals surface area contributed by atoms with Crippen molar-refractivity contribution in [2.24, 2.45) is 11.7 Å². The summed E-state index contributed by atoms with van der Waals surface area (Å²) in [7, 11) is 0. The Morgan fingerprint density at radius 3 is 2.31 bits per heavy atom. The molecule has 0 bridgehead atoms. The molecule has 16 heavy (non-hydrogen) atoms. The van der Waals surface area contributed by atoms with E-state index in [1.165, 1.54) is 0 Å². The molecule has 0 radical (unpaired) electrons. The first-order chi connectivity index (χ1) is 7.47. The van der Waals surface area contributed by atoms with Gasteiger partial charge < -0.3 is 11.1 Å². The van der Waals surface area contributed by atoms with Crippen LogP contribution in [0.3, 0.4) is 0 Å². The van der Waals surface area contributed by atoms with Gasteiger partial charge in [-0.15, -0.1) is 0 Å². The van der Waals surface area contributed by atoms with Crippen molar-refractivity contribution >= 4 is 5.91 Å². The van der Waals surface area contributed by atoms with Crippen LogP contribution < -0.4 is 11.1 Å². The van der Waals surface area contributed by atoms with Crippen LogP contribution in [0, 0.1) is 5.92 Å². The predicted molar refractivity (Wildman–Crippen MR) is 69.2 cm³/mol. The van der Waals surface area contributed by atoms with Crippen LogP contribution in [-0.2, 0) is 4.79 Å². The van der Waals surface area contributed by atoms with Crippen LogP contribution in [0.4, 0.5) is 0 Å². The van der Waals surface area contributed by atoms with E-state index in [4.69, 9.17) is 5.73 Å². The molecule has 0 aliphatic heterocycles. The lowest BCUT2D eigenvalue weighted by Gasteiger charge is -2.27. The number of rotatable bonds is 8. The minimum Gasteiger partial charge on any atom is -0.354 e. The summed E-state index contributed by atoms with van der Waals surface area (Å²) < 4.78 is 0. The summed E-state index contributed by atoms with van der Waals surface area (Å²) in [5, 5.41) is 2.95. The summed E-state index contributed by atoms with van der Waals surface area (Å²) in [6, 6.07) is 0. The van der Waals surface area contributed by atoms with Gasteiger partial charge in [0.05, 0.1) is 0 Å². The second-order valence-corrected chi connectivity index (χ2v) is 4.94. The van der Waals surface area contributed by atoms with Crippen molar-refractivity contribution in [3.8, 4) is 0 Å². The van der Waals surface area contributed by atoms with Gasteiger partial charge in [0.2, 0.25) is 5.91 Å². The molecule has 0 saturated heterocycles. The fourth-order valence-electron chi connectivity index (χ4n) is 1.76. The zero-order chi connectivity index (χ0) is 12.6. The average Bonchev–Trinajstić information content (AvgIpc) is 2.26. The third-order valence-corrected chi connectivity index (χ3v) is 3.36. The fraction of sp³-hybridized carbons (Fsp3) is 0.923. The third-order valence-electron chi connectivity index (χ3n) is 3.36. The van der Waals surface area contributed by atoms with Gasteiger partial charge in [-0.3, -0.25) is 4.79 Å². The lowest BCUT2D eigenvalue weighted by atomic mass is 9.94. The number of carbonyl (C=O) groups is 1. The van der Waals surface area contributed by atoms with Crippen molar-refractivity contribution in [1.29, 1.82) is 0 Å². The second-order valence-electron chi connectivity index (χ2n) is 4.94. The Morgan fingerprint density at radius 2 is 1.88 bits per heavy atom. The van der Waals surface area contributed by atoms with Gasteiger partial charge in [-0.1, -0.05) is 40.5 Å². The van der Waals surface area contributed by atoms with Crippen molar-refractivity contribution in [3.63, 3.8) is 0 Å². The van der Waals surface area contributed by atoms with E-state index in [0.29, 0.717) is 18.9 Å². The van der Waals surface area contributed by atoms with E-state index in [1.807, 2.05) is 0 Å². The van der Waals surface area contributed by atoms with Gasteiger partial charge in [0.15, 0.2) is 0 Å². The Labute approximate surface area is 100 Å². The Kier molecular flexibility index (Phi) is 7.39. The molecule has 96 valence electrons. The van der Waals surface area contributed by atoms with Gasteiger partial charge in [0, 0.05) is 18.5 Å². The van der Waals surface area contributed by atoms with E-state index in [2.05, 4.69) is 33.0 Å². The smallest absolute Gasteiger partial charge is 0.220 e. The number of hydrogen-bond acceptors (Lipinski definition) is 2. The van der Waals surface area contributed by atoms with E-state index in [1.54, 1.807) is 0 Å². The molecule has 3 N–H and O–H groups in total. The zero-order valence-electron chi connectivity index (χ0n) is 11.3. The lowest BCUT2D eigenvalue weighted by molar-refractivity contribution is -0.122.